The summed E-state index contributed by atoms with van der Waals surface area (Å²) in [5.41, 5.74) is 0.678. The Labute approximate surface area is 224 Å². The molecule has 0 saturated carbocycles. The lowest BCUT2D eigenvalue weighted by molar-refractivity contribution is -0.143. The number of hydrogen-bond acceptors (Lipinski definition) is 6. The number of sulfonamides is 1. The fourth-order valence-electron chi connectivity index (χ4n) is 3.52. The average molecular weight is 573 g/mol. The van der Waals surface area contributed by atoms with E-state index in [-0.39, 0.29) is 33.4 Å². The molecular formula is C24H27Cl2N3O5S2. The third kappa shape index (κ3) is 6.18. The first-order valence-electron chi connectivity index (χ1n) is 11.5. The summed E-state index contributed by atoms with van der Waals surface area (Å²) in [5, 5.41) is 0.538. The Morgan fingerprint density at radius 2 is 1.78 bits per heavy atom. The largest absolute Gasteiger partial charge is 0.465 e. The van der Waals surface area contributed by atoms with Crippen LogP contribution in [-0.4, -0.2) is 48.9 Å². The van der Waals surface area contributed by atoms with Crippen molar-refractivity contribution in [3.63, 3.8) is 0 Å². The number of hydrogen-bond donors (Lipinski definition) is 0. The highest BCUT2D eigenvalue weighted by Crippen LogP contribution is 2.32. The molecule has 0 fully saturated rings. The molecule has 1 heterocycles. The Morgan fingerprint density at radius 1 is 1.08 bits per heavy atom. The monoisotopic (exact) mass is 571 g/mol. The lowest BCUT2D eigenvalue weighted by atomic mass is 10.2. The van der Waals surface area contributed by atoms with E-state index in [1.54, 1.807) is 26.0 Å². The Kier molecular flexibility index (Phi) is 9.71. The summed E-state index contributed by atoms with van der Waals surface area (Å²) in [7, 11) is -3.67. The summed E-state index contributed by atoms with van der Waals surface area (Å²) in [5.74, 6) is -1.11. The zero-order valence-electron chi connectivity index (χ0n) is 20.2. The molecule has 1 amide bonds. The predicted octanol–water partition coefficient (Wildman–Crippen LogP) is 5.12. The van der Waals surface area contributed by atoms with Crippen molar-refractivity contribution in [3.8, 4) is 0 Å². The molecule has 0 spiro atoms. The lowest BCUT2D eigenvalue weighted by Gasteiger charge is -2.20. The summed E-state index contributed by atoms with van der Waals surface area (Å²) in [4.78, 5) is 29.8. The number of aromatic nitrogens is 1. The van der Waals surface area contributed by atoms with Gasteiger partial charge in [-0.15, -0.1) is 0 Å². The van der Waals surface area contributed by atoms with Gasteiger partial charge in [0.2, 0.25) is 10.0 Å². The van der Waals surface area contributed by atoms with Gasteiger partial charge >= 0.3 is 5.97 Å². The normalized spacial score (nSPS) is 12.4. The van der Waals surface area contributed by atoms with Gasteiger partial charge in [0.15, 0.2) is 4.80 Å². The van der Waals surface area contributed by atoms with Crippen LogP contribution in [0.4, 0.5) is 0 Å². The minimum absolute atomic E-state index is 0.109. The minimum Gasteiger partial charge on any atom is -0.465 e. The van der Waals surface area contributed by atoms with Crippen LogP contribution in [0.1, 0.15) is 44.0 Å². The van der Waals surface area contributed by atoms with Crippen LogP contribution in [0.25, 0.3) is 10.2 Å². The summed E-state index contributed by atoms with van der Waals surface area (Å²) >= 11 is 13.7. The summed E-state index contributed by atoms with van der Waals surface area (Å²) < 4.78 is 34.6. The number of amides is 1. The van der Waals surface area contributed by atoms with Crippen LogP contribution in [0.5, 0.6) is 0 Å². The van der Waals surface area contributed by atoms with Crippen LogP contribution in [0.15, 0.2) is 46.3 Å². The molecule has 0 bridgehead atoms. The Bertz CT molecular complexity index is 1430. The van der Waals surface area contributed by atoms with Crippen LogP contribution < -0.4 is 4.80 Å². The number of rotatable bonds is 10. The number of unbranched alkanes of at least 4 members (excludes halogenated alkanes) is 1. The standard InChI is InChI=1S/C24H27Cl2N3O5S2/c1-4-7-14-28(5-2)36(32,33)17-10-8-16(9-11-17)23(31)27-24-29(15-20(30)34-6-3)22-19(35-24)13-12-18(25)21(22)26/h8-13H,4-7,14-15H2,1-3H3. The van der Waals surface area contributed by atoms with E-state index < -0.39 is 21.9 Å². The predicted molar refractivity (Wildman–Crippen MR) is 142 cm³/mol. The number of thiazole rings is 1. The van der Waals surface area contributed by atoms with Crippen molar-refractivity contribution >= 4 is 66.7 Å². The molecule has 0 aliphatic rings. The zero-order chi connectivity index (χ0) is 26.5. The molecule has 36 heavy (non-hydrogen) atoms. The molecule has 8 nitrogen and oxygen atoms in total. The molecule has 0 unspecified atom stereocenters. The van der Waals surface area contributed by atoms with Crippen molar-refractivity contribution in [1.29, 1.82) is 0 Å². The van der Waals surface area contributed by atoms with Crippen molar-refractivity contribution in [2.45, 2.75) is 45.1 Å². The third-order valence-electron chi connectivity index (χ3n) is 5.38. The molecule has 0 N–H and O–H groups in total. The maximum Gasteiger partial charge on any atom is 0.326 e. The molecule has 12 heteroatoms. The number of carbonyl (C=O) groups is 2. The van der Waals surface area contributed by atoms with Crippen molar-refractivity contribution in [2.75, 3.05) is 19.7 Å². The molecule has 194 valence electrons. The Balaban J connectivity index is 2.00. The smallest absolute Gasteiger partial charge is 0.326 e. The van der Waals surface area contributed by atoms with Gasteiger partial charge in [0.25, 0.3) is 5.91 Å². The second-order valence-electron chi connectivity index (χ2n) is 7.78. The fraction of sp³-hybridized carbons (Fsp3) is 0.375. The molecule has 0 radical (unpaired) electrons. The molecular weight excluding hydrogens is 545 g/mol. The number of fused-ring (bicyclic) bond motifs is 1. The maximum absolute atomic E-state index is 13.0. The highest BCUT2D eigenvalue weighted by Gasteiger charge is 2.23. The molecule has 2 aromatic carbocycles. The van der Waals surface area contributed by atoms with Crippen molar-refractivity contribution in [2.24, 2.45) is 4.99 Å². The van der Waals surface area contributed by atoms with Gasteiger partial charge in [-0.3, -0.25) is 9.59 Å². The number of esters is 1. The number of carbonyl (C=O) groups excluding carboxylic acids is 2. The SMILES string of the molecule is CCCCN(CC)S(=O)(=O)c1ccc(C(=O)N=c2sc3ccc(Cl)c(Cl)c3n2CC(=O)OCC)cc1. The van der Waals surface area contributed by atoms with Crippen molar-refractivity contribution in [1.82, 2.24) is 8.87 Å². The zero-order valence-corrected chi connectivity index (χ0v) is 23.3. The van der Waals surface area contributed by atoms with E-state index in [2.05, 4.69) is 4.99 Å². The van der Waals surface area contributed by atoms with Gasteiger partial charge in [-0.25, -0.2) is 8.42 Å². The minimum atomic E-state index is -3.67. The second-order valence-corrected chi connectivity index (χ2v) is 11.5. The number of benzene rings is 2. The van der Waals surface area contributed by atoms with Gasteiger partial charge in [0.05, 0.1) is 31.8 Å². The molecule has 3 rings (SSSR count). The molecule has 0 saturated heterocycles. The van der Waals surface area contributed by atoms with E-state index in [0.717, 1.165) is 12.8 Å². The first-order valence-corrected chi connectivity index (χ1v) is 14.5. The first kappa shape index (κ1) is 28.3. The van der Waals surface area contributed by atoms with E-state index in [0.29, 0.717) is 28.3 Å². The van der Waals surface area contributed by atoms with E-state index >= 15 is 0 Å². The van der Waals surface area contributed by atoms with E-state index in [1.807, 2.05) is 6.92 Å². The van der Waals surface area contributed by atoms with Crippen LogP contribution >= 0.6 is 34.5 Å². The third-order valence-corrected chi connectivity index (χ3v) is 9.20. The van der Waals surface area contributed by atoms with E-state index in [1.165, 1.54) is 44.5 Å². The van der Waals surface area contributed by atoms with Gasteiger partial charge in [-0.2, -0.15) is 9.30 Å². The fourth-order valence-corrected chi connectivity index (χ4v) is 6.52. The summed E-state index contributed by atoms with van der Waals surface area (Å²) in [6.45, 7) is 6.27. The maximum atomic E-state index is 13.0. The van der Waals surface area contributed by atoms with Gasteiger partial charge in [0.1, 0.15) is 6.54 Å². The van der Waals surface area contributed by atoms with Gasteiger partial charge in [-0.05, 0) is 49.7 Å². The molecule has 0 atom stereocenters. The average Bonchev–Trinajstić information content (AvgIpc) is 3.19. The highest BCUT2D eigenvalue weighted by molar-refractivity contribution is 7.89. The quantitative estimate of drug-likeness (QED) is 0.314. The van der Waals surface area contributed by atoms with E-state index in [4.69, 9.17) is 27.9 Å². The van der Waals surface area contributed by atoms with Crippen molar-refractivity contribution < 1.29 is 22.7 Å². The van der Waals surface area contributed by atoms with Crippen LogP contribution in [-0.2, 0) is 26.1 Å². The topological polar surface area (TPSA) is 98.0 Å². The second kappa shape index (κ2) is 12.3. The van der Waals surface area contributed by atoms with Gasteiger partial charge < -0.3 is 9.30 Å². The number of ether oxygens (including phenoxy) is 1. The number of halogens is 2. The van der Waals surface area contributed by atoms with Crippen LogP contribution in [0, 0.1) is 0 Å². The molecule has 3 aromatic rings. The van der Waals surface area contributed by atoms with Gasteiger partial charge in [0, 0.05) is 18.7 Å². The molecule has 1 aromatic heterocycles. The summed E-state index contributed by atoms with van der Waals surface area (Å²) in [6, 6.07) is 9.03. The van der Waals surface area contributed by atoms with Crippen molar-refractivity contribution in [3.05, 3.63) is 56.8 Å². The Morgan fingerprint density at radius 3 is 2.39 bits per heavy atom. The molecule has 0 aliphatic carbocycles. The van der Waals surface area contributed by atoms with Crippen LogP contribution in [0.2, 0.25) is 10.0 Å². The first-order chi connectivity index (χ1) is 17.1. The van der Waals surface area contributed by atoms with Gasteiger partial charge in [-0.1, -0.05) is 54.8 Å². The number of nitrogens with zero attached hydrogens (tertiary/aromatic N) is 3. The Hall–Kier alpha value is -2.24. The highest BCUT2D eigenvalue weighted by atomic mass is 35.5. The van der Waals surface area contributed by atoms with E-state index in [9.17, 15) is 18.0 Å². The molecule has 0 aliphatic heterocycles. The van der Waals surface area contributed by atoms with Crippen LogP contribution in [0.3, 0.4) is 0 Å². The summed E-state index contributed by atoms with van der Waals surface area (Å²) in [6.07, 6.45) is 1.64. The lowest BCUT2D eigenvalue weighted by Crippen LogP contribution is -2.31.